The number of ether oxygens (including phenoxy) is 1. The highest BCUT2D eigenvalue weighted by Gasteiger charge is 2.30. The van der Waals surface area contributed by atoms with E-state index in [0.29, 0.717) is 27.9 Å². The van der Waals surface area contributed by atoms with E-state index >= 15 is 0 Å². The van der Waals surface area contributed by atoms with Gasteiger partial charge in [-0.25, -0.2) is 15.4 Å². The van der Waals surface area contributed by atoms with Crippen molar-refractivity contribution in [2.45, 2.75) is 0 Å². The van der Waals surface area contributed by atoms with E-state index in [2.05, 4.69) is 4.84 Å². The number of carbonyl (C=O) groups excluding carboxylic acids is 2. The van der Waals surface area contributed by atoms with Crippen molar-refractivity contribution in [3.8, 4) is 0 Å². The maximum absolute atomic E-state index is 13.2. The Morgan fingerprint density at radius 3 is 2.06 bits per heavy atom. The number of fused-ring (bicyclic) bond motifs is 2. The number of urea groups is 1. The number of rotatable bonds is 8. The average molecular weight is 477 g/mol. The summed E-state index contributed by atoms with van der Waals surface area (Å²) in [6, 6.07) is 13.8. The van der Waals surface area contributed by atoms with E-state index in [1.54, 1.807) is 24.3 Å². The molecule has 0 radical (unpaired) electrons. The fourth-order valence-corrected chi connectivity index (χ4v) is 4.51. The van der Waals surface area contributed by atoms with E-state index in [9.17, 15) is 19.7 Å². The standard InChI is InChI=1S/C20H20N4O6S2/c21-23(20(26)29-11-13-31-32-14-12-30-24(27)28)19(25)22-17-7-3-1-5-15(17)9-10-16-6-2-4-8-18(16)22/h1-10H,11-14,21H2. The summed E-state index contributed by atoms with van der Waals surface area (Å²) in [7, 11) is 2.69. The monoisotopic (exact) mass is 476 g/mol. The molecule has 32 heavy (non-hydrogen) atoms. The second-order valence-corrected chi connectivity index (χ2v) is 8.96. The first-order valence-corrected chi connectivity index (χ1v) is 11.9. The lowest BCUT2D eigenvalue weighted by Crippen LogP contribution is -2.49. The molecule has 0 aromatic heterocycles. The molecular formula is C20H20N4O6S2. The summed E-state index contributed by atoms with van der Waals surface area (Å²) in [4.78, 5) is 41.2. The maximum Gasteiger partial charge on any atom is 0.432 e. The molecule has 2 aromatic carbocycles. The van der Waals surface area contributed by atoms with Crippen LogP contribution in [-0.2, 0) is 9.57 Å². The Kier molecular flexibility index (Phi) is 8.36. The minimum atomic E-state index is -0.982. The number of benzene rings is 2. The van der Waals surface area contributed by atoms with Gasteiger partial charge < -0.3 is 9.57 Å². The number of imide groups is 1. The molecule has 0 unspecified atom stereocenters. The van der Waals surface area contributed by atoms with Gasteiger partial charge in [0.25, 0.3) is 5.09 Å². The van der Waals surface area contributed by atoms with Crippen LogP contribution in [0.3, 0.4) is 0 Å². The van der Waals surface area contributed by atoms with Gasteiger partial charge in [-0.3, -0.25) is 4.90 Å². The normalized spacial score (nSPS) is 11.7. The molecule has 3 rings (SSSR count). The number of carbonyl (C=O) groups is 2. The average Bonchev–Trinajstić information content (AvgIpc) is 2.96. The van der Waals surface area contributed by atoms with Crippen LogP contribution in [0, 0.1) is 10.1 Å². The molecule has 1 aliphatic heterocycles. The minimum absolute atomic E-state index is 0.0162. The Labute approximate surface area is 191 Å². The Hall–Kier alpha value is -3.22. The summed E-state index contributed by atoms with van der Waals surface area (Å²) in [5.41, 5.74) is 2.78. The van der Waals surface area contributed by atoms with Crippen LogP contribution in [0.25, 0.3) is 12.2 Å². The van der Waals surface area contributed by atoms with Gasteiger partial charge in [-0.2, -0.15) is 5.01 Å². The first-order chi connectivity index (χ1) is 15.5. The van der Waals surface area contributed by atoms with Crippen LogP contribution >= 0.6 is 21.6 Å². The van der Waals surface area contributed by atoms with Gasteiger partial charge in [0.15, 0.2) is 0 Å². The topological polar surface area (TPSA) is 128 Å². The number of hydrogen-bond donors (Lipinski definition) is 1. The van der Waals surface area contributed by atoms with E-state index in [-0.39, 0.29) is 13.2 Å². The molecule has 2 aromatic rings. The van der Waals surface area contributed by atoms with Crippen molar-refractivity contribution in [2.24, 2.45) is 5.84 Å². The molecule has 10 nitrogen and oxygen atoms in total. The number of para-hydroxylation sites is 2. The Morgan fingerprint density at radius 2 is 1.50 bits per heavy atom. The molecule has 0 spiro atoms. The Bertz CT molecular complexity index is 970. The van der Waals surface area contributed by atoms with Gasteiger partial charge >= 0.3 is 12.1 Å². The number of anilines is 2. The van der Waals surface area contributed by atoms with Crippen LogP contribution in [0.5, 0.6) is 0 Å². The molecule has 0 atom stereocenters. The molecule has 12 heteroatoms. The van der Waals surface area contributed by atoms with E-state index in [4.69, 9.17) is 10.6 Å². The predicted molar refractivity (Wildman–Crippen MR) is 125 cm³/mol. The fourth-order valence-electron chi connectivity index (χ4n) is 2.86. The van der Waals surface area contributed by atoms with Gasteiger partial charge in [0.1, 0.15) is 13.2 Å². The number of hydrazine groups is 1. The summed E-state index contributed by atoms with van der Waals surface area (Å²) in [5.74, 6) is 6.64. The zero-order chi connectivity index (χ0) is 22.9. The summed E-state index contributed by atoms with van der Waals surface area (Å²) in [6.07, 6.45) is 2.81. The van der Waals surface area contributed by atoms with Gasteiger partial charge in [-0.05, 0) is 23.3 Å². The van der Waals surface area contributed by atoms with E-state index in [1.807, 2.05) is 36.4 Å². The smallest absolute Gasteiger partial charge is 0.432 e. The van der Waals surface area contributed by atoms with Crippen molar-refractivity contribution >= 4 is 57.2 Å². The van der Waals surface area contributed by atoms with Gasteiger partial charge in [0, 0.05) is 11.5 Å². The van der Waals surface area contributed by atoms with Crippen LogP contribution in [0.1, 0.15) is 11.1 Å². The van der Waals surface area contributed by atoms with Crippen molar-refractivity contribution in [3.05, 3.63) is 69.8 Å². The van der Waals surface area contributed by atoms with E-state index in [1.165, 1.54) is 26.5 Å². The molecule has 1 heterocycles. The van der Waals surface area contributed by atoms with Crippen molar-refractivity contribution in [1.82, 2.24) is 5.01 Å². The summed E-state index contributed by atoms with van der Waals surface area (Å²) < 4.78 is 5.09. The van der Waals surface area contributed by atoms with Crippen molar-refractivity contribution < 1.29 is 24.3 Å². The molecule has 0 saturated heterocycles. The molecule has 0 aliphatic carbocycles. The highest BCUT2D eigenvalue weighted by Crippen LogP contribution is 2.36. The van der Waals surface area contributed by atoms with Crippen LogP contribution in [0.4, 0.5) is 21.0 Å². The van der Waals surface area contributed by atoms with Crippen molar-refractivity contribution in [1.29, 1.82) is 0 Å². The minimum Gasteiger partial charge on any atom is -0.447 e. The molecule has 3 amide bonds. The molecular weight excluding hydrogens is 456 g/mol. The van der Waals surface area contributed by atoms with E-state index < -0.39 is 17.2 Å². The molecule has 2 N–H and O–H groups in total. The zero-order valence-corrected chi connectivity index (χ0v) is 18.4. The van der Waals surface area contributed by atoms with Crippen LogP contribution in [0.2, 0.25) is 0 Å². The molecule has 0 saturated carbocycles. The lowest BCUT2D eigenvalue weighted by atomic mass is 10.1. The third-order valence-corrected chi connectivity index (χ3v) is 6.56. The second kappa shape index (κ2) is 11.4. The van der Waals surface area contributed by atoms with Crippen LogP contribution < -0.4 is 10.7 Å². The summed E-state index contributed by atoms with van der Waals surface area (Å²) in [5, 5.41) is 9.65. The second-order valence-electron chi connectivity index (χ2n) is 6.25. The van der Waals surface area contributed by atoms with Gasteiger partial charge in [-0.15, -0.1) is 10.1 Å². The first kappa shape index (κ1) is 23.4. The van der Waals surface area contributed by atoms with Gasteiger partial charge in [0.2, 0.25) is 0 Å². The quantitative estimate of drug-likeness (QED) is 0.148. The first-order valence-electron chi connectivity index (χ1n) is 9.42. The lowest BCUT2D eigenvalue weighted by molar-refractivity contribution is -0.756. The Morgan fingerprint density at radius 1 is 0.969 bits per heavy atom. The fraction of sp³-hybridized carbons (Fsp3) is 0.200. The van der Waals surface area contributed by atoms with Gasteiger partial charge in [-0.1, -0.05) is 70.1 Å². The highest BCUT2D eigenvalue weighted by atomic mass is 33.1. The molecule has 0 fully saturated rings. The van der Waals surface area contributed by atoms with Crippen molar-refractivity contribution in [2.75, 3.05) is 29.6 Å². The molecule has 1 aliphatic rings. The lowest BCUT2D eigenvalue weighted by Gasteiger charge is -2.27. The predicted octanol–water partition coefficient (Wildman–Crippen LogP) is 4.33. The molecule has 0 bridgehead atoms. The number of amides is 3. The van der Waals surface area contributed by atoms with Crippen molar-refractivity contribution in [3.63, 3.8) is 0 Å². The third-order valence-electron chi connectivity index (χ3n) is 4.23. The Balaban J connectivity index is 1.60. The van der Waals surface area contributed by atoms with E-state index in [0.717, 1.165) is 11.1 Å². The highest BCUT2D eigenvalue weighted by molar-refractivity contribution is 8.76. The number of hydrogen-bond acceptors (Lipinski definition) is 9. The zero-order valence-electron chi connectivity index (χ0n) is 16.8. The summed E-state index contributed by atoms with van der Waals surface area (Å²) in [6.45, 7) is -0.00846. The largest absolute Gasteiger partial charge is 0.447 e. The SMILES string of the molecule is NN(C(=O)OCCSSCCO[N+](=O)[O-])C(=O)N1c2ccccc2C=Cc2ccccc21. The number of nitrogens with zero attached hydrogens (tertiary/aromatic N) is 3. The number of nitrogens with two attached hydrogens (primary N) is 1. The molecule has 168 valence electrons. The van der Waals surface area contributed by atoms with Crippen LogP contribution in [-0.4, -0.2) is 46.9 Å². The summed E-state index contributed by atoms with van der Waals surface area (Å²) >= 11 is 0. The maximum atomic E-state index is 13.2. The third kappa shape index (κ3) is 5.93. The van der Waals surface area contributed by atoms with Gasteiger partial charge in [0.05, 0.1) is 11.4 Å². The van der Waals surface area contributed by atoms with Crippen LogP contribution in [0.15, 0.2) is 48.5 Å².